The Morgan fingerprint density at radius 2 is 2.06 bits per heavy atom. The van der Waals surface area contributed by atoms with E-state index in [0.29, 0.717) is 41.3 Å². The van der Waals surface area contributed by atoms with Gasteiger partial charge in [0.15, 0.2) is 0 Å². The van der Waals surface area contributed by atoms with E-state index in [9.17, 15) is 0 Å². The monoisotopic (exact) mass is 504 g/mol. The molecule has 1 fully saturated rings. The maximum Gasteiger partial charge on any atom is 0.227 e. The summed E-state index contributed by atoms with van der Waals surface area (Å²) in [6, 6.07) is 9.88. The molecule has 0 bridgehead atoms. The third-order valence-corrected chi connectivity index (χ3v) is 7.19. The van der Waals surface area contributed by atoms with Crippen LogP contribution in [0.15, 0.2) is 42.7 Å². The first-order valence-corrected chi connectivity index (χ1v) is 12.7. The van der Waals surface area contributed by atoms with Crippen LogP contribution in [0.3, 0.4) is 0 Å². The summed E-state index contributed by atoms with van der Waals surface area (Å²) in [5.41, 5.74) is 11.4. The molecule has 4 heterocycles. The number of nitrogens with two attached hydrogens (primary N) is 1. The zero-order chi connectivity index (χ0) is 24.6. The van der Waals surface area contributed by atoms with Crippen LogP contribution in [0.4, 0.5) is 17.3 Å². The molecule has 2 aromatic carbocycles. The SMILES string of the molecule is Cc1cc(OCCN2CCCC2)c(N)cc1Nc1ncc(Cl)c(-c2cn3c4c(cccc24)OCC3)n1. The predicted octanol–water partition coefficient (Wildman–Crippen LogP) is 5.25. The van der Waals surface area contributed by atoms with Crippen LogP contribution in [0.25, 0.3) is 22.2 Å². The van der Waals surface area contributed by atoms with E-state index in [1.807, 2.05) is 31.2 Å². The molecule has 186 valence electrons. The highest BCUT2D eigenvalue weighted by Crippen LogP contribution is 2.39. The predicted molar refractivity (Wildman–Crippen MR) is 144 cm³/mol. The second kappa shape index (κ2) is 9.52. The molecule has 3 N–H and O–H groups in total. The van der Waals surface area contributed by atoms with E-state index >= 15 is 0 Å². The number of halogens is 1. The number of anilines is 3. The second-order valence-electron chi connectivity index (χ2n) is 9.35. The van der Waals surface area contributed by atoms with Gasteiger partial charge in [0.05, 0.1) is 34.7 Å². The van der Waals surface area contributed by atoms with Gasteiger partial charge in [0.1, 0.15) is 24.7 Å². The van der Waals surface area contributed by atoms with Crippen molar-refractivity contribution in [2.75, 3.05) is 43.9 Å². The average molecular weight is 505 g/mol. The van der Waals surface area contributed by atoms with Crippen LogP contribution in [-0.4, -0.2) is 52.3 Å². The van der Waals surface area contributed by atoms with Crippen LogP contribution in [0.5, 0.6) is 11.5 Å². The smallest absolute Gasteiger partial charge is 0.227 e. The van der Waals surface area contributed by atoms with E-state index in [-0.39, 0.29) is 0 Å². The second-order valence-corrected chi connectivity index (χ2v) is 9.76. The molecule has 2 aliphatic heterocycles. The van der Waals surface area contributed by atoms with Gasteiger partial charge >= 0.3 is 0 Å². The fourth-order valence-corrected chi connectivity index (χ4v) is 5.24. The number of ether oxygens (including phenoxy) is 2. The standard InChI is InChI=1S/C27H29ClN6O2/c1-17-13-24(36-11-9-33-7-2-3-8-33)21(29)14-22(17)31-27-30-15-20(28)25(32-27)19-16-34-10-12-35-23-6-4-5-18(19)26(23)34/h4-6,13-16H,2-3,7-12,29H2,1H3,(H,30,31,32). The Morgan fingerprint density at radius 1 is 1.19 bits per heavy atom. The fraction of sp³-hybridized carbons (Fsp3) is 0.333. The molecule has 0 radical (unpaired) electrons. The summed E-state index contributed by atoms with van der Waals surface area (Å²) < 4.78 is 14.0. The van der Waals surface area contributed by atoms with Crippen LogP contribution in [0, 0.1) is 6.92 Å². The summed E-state index contributed by atoms with van der Waals surface area (Å²) in [5.74, 6) is 2.02. The molecule has 2 aliphatic rings. The van der Waals surface area contributed by atoms with Gasteiger partial charge in [-0.1, -0.05) is 23.7 Å². The van der Waals surface area contributed by atoms with Gasteiger partial charge in [0.25, 0.3) is 0 Å². The van der Waals surface area contributed by atoms with E-state index in [1.165, 1.54) is 12.8 Å². The van der Waals surface area contributed by atoms with Gasteiger partial charge in [-0.3, -0.25) is 4.90 Å². The third-order valence-electron chi connectivity index (χ3n) is 6.92. The zero-order valence-electron chi connectivity index (χ0n) is 20.3. The highest BCUT2D eigenvalue weighted by atomic mass is 35.5. The summed E-state index contributed by atoms with van der Waals surface area (Å²) in [6.07, 6.45) is 6.26. The van der Waals surface area contributed by atoms with Crippen molar-refractivity contribution in [3.05, 3.63) is 53.3 Å². The Hall–Kier alpha value is -3.49. The van der Waals surface area contributed by atoms with E-state index in [0.717, 1.165) is 59.6 Å². The van der Waals surface area contributed by atoms with Gasteiger partial charge in [0.2, 0.25) is 5.95 Å². The lowest BCUT2D eigenvalue weighted by atomic mass is 10.1. The molecule has 1 saturated heterocycles. The van der Waals surface area contributed by atoms with E-state index in [1.54, 1.807) is 6.20 Å². The third kappa shape index (κ3) is 4.31. The van der Waals surface area contributed by atoms with Crippen LogP contribution in [0.2, 0.25) is 5.02 Å². The maximum atomic E-state index is 6.58. The lowest BCUT2D eigenvalue weighted by Gasteiger charge is -2.17. The Kier molecular flexibility index (Phi) is 6.07. The number of nitrogen functional groups attached to an aromatic ring is 1. The number of aromatic nitrogens is 3. The van der Waals surface area contributed by atoms with Crippen molar-refractivity contribution >= 4 is 39.8 Å². The highest BCUT2D eigenvalue weighted by Gasteiger charge is 2.21. The molecule has 36 heavy (non-hydrogen) atoms. The summed E-state index contributed by atoms with van der Waals surface area (Å²) in [5, 5.41) is 4.85. The summed E-state index contributed by atoms with van der Waals surface area (Å²) in [6.45, 7) is 7.29. The molecule has 0 spiro atoms. The summed E-state index contributed by atoms with van der Waals surface area (Å²) in [4.78, 5) is 11.6. The first-order chi connectivity index (χ1) is 17.6. The molecular formula is C27H29ClN6O2. The first-order valence-electron chi connectivity index (χ1n) is 12.4. The minimum atomic E-state index is 0.447. The number of para-hydroxylation sites is 1. The van der Waals surface area contributed by atoms with Crippen molar-refractivity contribution in [2.45, 2.75) is 26.3 Å². The molecular weight excluding hydrogens is 476 g/mol. The molecule has 2 aromatic heterocycles. The molecule has 0 atom stereocenters. The Morgan fingerprint density at radius 3 is 2.92 bits per heavy atom. The first kappa shape index (κ1) is 22.9. The minimum Gasteiger partial charge on any atom is -0.490 e. The zero-order valence-corrected chi connectivity index (χ0v) is 21.0. The molecule has 0 amide bonds. The topological polar surface area (TPSA) is 90.5 Å². The van der Waals surface area contributed by atoms with Gasteiger partial charge in [-0.15, -0.1) is 0 Å². The van der Waals surface area contributed by atoms with Gasteiger partial charge in [0, 0.05) is 29.4 Å². The van der Waals surface area contributed by atoms with Crippen molar-refractivity contribution in [2.24, 2.45) is 0 Å². The average Bonchev–Trinajstić information content (AvgIpc) is 3.53. The quantitative estimate of drug-likeness (QED) is 0.332. The molecule has 6 rings (SSSR count). The maximum absolute atomic E-state index is 6.58. The number of nitrogens with zero attached hydrogens (tertiary/aromatic N) is 4. The number of rotatable bonds is 7. The van der Waals surface area contributed by atoms with Gasteiger partial charge < -0.3 is 25.1 Å². The van der Waals surface area contributed by atoms with Crippen LogP contribution in [-0.2, 0) is 6.54 Å². The Balaban J connectivity index is 1.25. The highest BCUT2D eigenvalue weighted by molar-refractivity contribution is 6.33. The van der Waals surface area contributed by atoms with Crippen LogP contribution < -0.4 is 20.5 Å². The Bertz CT molecular complexity index is 1430. The van der Waals surface area contributed by atoms with Crippen molar-refractivity contribution in [3.8, 4) is 22.8 Å². The van der Waals surface area contributed by atoms with Crippen molar-refractivity contribution in [1.29, 1.82) is 0 Å². The normalized spacial score (nSPS) is 15.3. The lowest BCUT2D eigenvalue weighted by Crippen LogP contribution is -2.25. The van der Waals surface area contributed by atoms with Crippen LogP contribution in [0.1, 0.15) is 18.4 Å². The van der Waals surface area contributed by atoms with Crippen molar-refractivity contribution in [1.82, 2.24) is 19.4 Å². The Labute approximate surface area is 215 Å². The molecule has 0 unspecified atom stereocenters. The number of nitrogens with one attached hydrogen (secondary N) is 1. The van der Waals surface area contributed by atoms with Crippen molar-refractivity contribution < 1.29 is 9.47 Å². The number of likely N-dealkylation sites (tertiary alicyclic amines) is 1. The summed E-state index contributed by atoms with van der Waals surface area (Å²) >= 11 is 6.58. The van der Waals surface area contributed by atoms with Crippen molar-refractivity contribution in [3.63, 3.8) is 0 Å². The fourth-order valence-electron chi connectivity index (χ4n) is 5.05. The number of hydrogen-bond donors (Lipinski definition) is 2. The van der Waals surface area contributed by atoms with E-state index in [2.05, 4.69) is 32.0 Å². The number of aryl methyl sites for hydroxylation is 1. The molecule has 0 saturated carbocycles. The molecule has 0 aliphatic carbocycles. The van der Waals surface area contributed by atoms with Gasteiger partial charge in [-0.05, 0) is 56.6 Å². The lowest BCUT2D eigenvalue weighted by molar-refractivity contribution is 0.238. The largest absolute Gasteiger partial charge is 0.490 e. The molecule has 9 heteroatoms. The molecule has 4 aromatic rings. The van der Waals surface area contributed by atoms with Gasteiger partial charge in [-0.25, -0.2) is 9.97 Å². The van der Waals surface area contributed by atoms with Crippen LogP contribution >= 0.6 is 11.6 Å². The van der Waals surface area contributed by atoms with Gasteiger partial charge in [-0.2, -0.15) is 0 Å². The van der Waals surface area contributed by atoms with E-state index < -0.39 is 0 Å². The number of hydrogen-bond acceptors (Lipinski definition) is 7. The minimum absolute atomic E-state index is 0.447. The molecule has 8 nitrogen and oxygen atoms in total. The van der Waals surface area contributed by atoms with E-state index in [4.69, 9.17) is 31.8 Å². The summed E-state index contributed by atoms with van der Waals surface area (Å²) in [7, 11) is 0. The number of benzene rings is 2.